The number of rotatable bonds is 5. The zero-order valence-electron chi connectivity index (χ0n) is 6.62. The minimum absolute atomic E-state index is 0.259. The lowest BCUT2D eigenvalue weighted by molar-refractivity contribution is -0.119. The van der Waals surface area contributed by atoms with E-state index in [-0.39, 0.29) is 5.91 Å². The molecule has 0 aromatic rings. The van der Waals surface area contributed by atoms with Crippen molar-refractivity contribution in [3.05, 3.63) is 0 Å². The van der Waals surface area contributed by atoms with Crippen molar-refractivity contribution in [2.75, 3.05) is 19.6 Å². The van der Waals surface area contributed by atoms with Crippen LogP contribution in [0.1, 0.15) is 12.8 Å². The summed E-state index contributed by atoms with van der Waals surface area (Å²) < 4.78 is 0. The maximum atomic E-state index is 10.6. The number of carbonyl (C=O) groups excluding carboxylic acids is 1. The van der Waals surface area contributed by atoms with Crippen molar-refractivity contribution < 1.29 is 4.79 Å². The molecule has 0 aliphatic heterocycles. The third-order valence-electron chi connectivity index (χ3n) is 1.84. The number of primary amides is 1. The first-order chi connectivity index (χ1) is 5.24. The van der Waals surface area contributed by atoms with Gasteiger partial charge in [-0.3, -0.25) is 9.69 Å². The van der Waals surface area contributed by atoms with Crippen LogP contribution < -0.4 is 11.5 Å². The van der Waals surface area contributed by atoms with Crippen LogP contribution in [0.25, 0.3) is 0 Å². The molecule has 1 rings (SSSR count). The molecule has 0 aromatic carbocycles. The molecule has 0 atom stereocenters. The van der Waals surface area contributed by atoms with E-state index in [2.05, 4.69) is 4.90 Å². The normalized spacial score (nSPS) is 17.3. The minimum Gasteiger partial charge on any atom is -0.369 e. The lowest BCUT2D eigenvalue weighted by Crippen LogP contribution is -2.38. The van der Waals surface area contributed by atoms with Gasteiger partial charge < -0.3 is 11.5 Å². The second kappa shape index (κ2) is 3.69. The molecule has 0 unspecified atom stereocenters. The number of nitrogens with two attached hydrogens (primary N) is 2. The van der Waals surface area contributed by atoms with E-state index in [9.17, 15) is 4.79 Å². The van der Waals surface area contributed by atoms with Gasteiger partial charge in [0.05, 0.1) is 6.54 Å². The van der Waals surface area contributed by atoms with Crippen molar-refractivity contribution in [3.8, 4) is 0 Å². The van der Waals surface area contributed by atoms with E-state index >= 15 is 0 Å². The summed E-state index contributed by atoms with van der Waals surface area (Å²) in [4.78, 5) is 12.6. The molecule has 0 radical (unpaired) electrons. The number of amides is 1. The molecule has 64 valence electrons. The lowest BCUT2D eigenvalue weighted by atomic mass is 10.4. The number of carbonyl (C=O) groups is 1. The quantitative estimate of drug-likeness (QED) is 0.532. The van der Waals surface area contributed by atoms with E-state index in [1.165, 1.54) is 12.8 Å². The molecule has 1 aliphatic carbocycles. The van der Waals surface area contributed by atoms with Gasteiger partial charge in [0, 0.05) is 19.1 Å². The van der Waals surface area contributed by atoms with Crippen LogP contribution in [0.4, 0.5) is 0 Å². The van der Waals surface area contributed by atoms with Crippen LogP contribution in [-0.2, 0) is 4.79 Å². The first-order valence-corrected chi connectivity index (χ1v) is 3.96. The molecule has 4 nitrogen and oxygen atoms in total. The van der Waals surface area contributed by atoms with Crippen molar-refractivity contribution >= 4 is 5.91 Å². The van der Waals surface area contributed by atoms with Crippen molar-refractivity contribution in [2.45, 2.75) is 18.9 Å². The number of hydrogen-bond donors (Lipinski definition) is 2. The van der Waals surface area contributed by atoms with Crippen LogP contribution >= 0.6 is 0 Å². The van der Waals surface area contributed by atoms with Gasteiger partial charge in [0.25, 0.3) is 0 Å². The van der Waals surface area contributed by atoms with E-state index in [1.807, 2.05) is 0 Å². The third-order valence-corrected chi connectivity index (χ3v) is 1.84. The summed E-state index contributed by atoms with van der Waals surface area (Å²) in [6, 6.07) is 0.575. The van der Waals surface area contributed by atoms with Crippen LogP contribution in [0.2, 0.25) is 0 Å². The Morgan fingerprint density at radius 3 is 2.55 bits per heavy atom. The highest BCUT2D eigenvalue weighted by Crippen LogP contribution is 2.25. The van der Waals surface area contributed by atoms with Crippen LogP contribution in [0.15, 0.2) is 0 Å². The second-order valence-corrected chi connectivity index (χ2v) is 2.96. The van der Waals surface area contributed by atoms with Crippen molar-refractivity contribution in [3.63, 3.8) is 0 Å². The molecule has 1 amide bonds. The molecule has 0 aromatic heterocycles. The van der Waals surface area contributed by atoms with E-state index in [1.54, 1.807) is 0 Å². The van der Waals surface area contributed by atoms with Crippen molar-refractivity contribution in [2.24, 2.45) is 11.5 Å². The summed E-state index contributed by atoms with van der Waals surface area (Å²) in [6.07, 6.45) is 2.38. The Balaban J connectivity index is 2.26. The smallest absolute Gasteiger partial charge is 0.231 e. The molecule has 0 saturated heterocycles. The Labute approximate surface area is 66.5 Å². The maximum absolute atomic E-state index is 10.6. The standard InChI is InChI=1S/C7H15N3O/c8-3-4-10(5-7(9)11)6-1-2-6/h6H,1-5,8H2,(H2,9,11). The molecule has 4 heteroatoms. The molecule has 0 spiro atoms. The summed E-state index contributed by atoms with van der Waals surface area (Å²) in [5.41, 5.74) is 10.4. The summed E-state index contributed by atoms with van der Waals surface area (Å²) in [6.45, 7) is 1.75. The zero-order chi connectivity index (χ0) is 8.27. The Hall–Kier alpha value is -0.610. The van der Waals surface area contributed by atoms with Gasteiger partial charge in [-0.2, -0.15) is 0 Å². The van der Waals surface area contributed by atoms with E-state index in [4.69, 9.17) is 11.5 Å². The maximum Gasteiger partial charge on any atom is 0.231 e. The predicted octanol–water partition coefficient (Wildman–Crippen LogP) is -1.11. The van der Waals surface area contributed by atoms with Crippen LogP contribution in [0.5, 0.6) is 0 Å². The highest BCUT2D eigenvalue weighted by molar-refractivity contribution is 5.76. The average Bonchev–Trinajstić information content (AvgIpc) is 2.66. The minimum atomic E-state index is -0.259. The van der Waals surface area contributed by atoms with Crippen LogP contribution in [0, 0.1) is 0 Å². The van der Waals surface area contributed by atoms with Gasteiger partial charge in [-0.1, -0.05) is 0 Å². The molecule has 1 aliphatic rings. The lowest BCUT2D eigenvalue weighted by Gasteiger charge is -2.18. The highest BCUT2D eigenvalue weighted by Gasteiger charge is 2.28. The fourth-order valence-electron chi connectivity index (χ4n) is 1.20. The highest BCUT2D eigenvalue weighted by atomic mass is 16.1. The van der Waals surface area contributed by atoms with Crippen molar-refractivity contribution in [1.29, 1.82) is 0 Å². The zero-order valence-corrected chi connectivity index (χ0v) is 6.62. The van der Waals surface area contributed by atoms with Gasteiger partial charge >= 0.3 is 0 Å². The van der Waals surface area contributed by atoms with Gasteiger partial charge in [-0.15, -0.1) is 0 Å². The van der Waals surface area contributed by atoms with E-state index in [0.717, 1.165) is 6.54 Å². The topological polar surface area (TPSA) is 72.3 Å². The summed E-state index contributed by atoms with van der Waals surface area (Å²) >= 11 is 0. The third kappa shape index (κ3) is 2.86. The molecular weight excluding hydrogens is 142 g/mol. The average molecular weight is 157 g/mol. The molecular formula is C7H15N3O. The fraction of sp³-hybridized carbons (Fsp3) is 0.857. The molecule has 0 bridgehead atoms. The Kier molecular flexibility index (Phi) is 2.84. The number of hydrogen-bond acceptors (Lipinski definition) is 3. The molecule has 1 fully saturated rings. The van der Waals surface area contributed by atoms with Crippen LogP contribution in [0.3, 0.4) is 0 Å². The van der Waals surface area contributed by atoms with Crippen molar-refractivity contribution in [1.82, 2.24) is 4.90 Å². The predicted molar refractivity (Wildman–Crippen MR) is 42.8 cm³/mol. The first-order valence-electron chi connectivity index (χ1n) is 3.96. The summed E-state index contributed by atoms with van der Waals surface area (Å²) in [7, 11) is 0. The SMILES string of the molecule is NCCN(CC(N)=O)C1CC1. The van der Waals surface area contributed by atoms with E-state index in [0.29, 0.717) is 19.1 Å². The van der Waals surface area contributed by atoms with Crippen LogP contribution in [-0.4, -0.2) is 36.5 Å². The largest absolute Gasteiger partial charge is 0.369 e. The first kappa shape index (κ1) is 8.49. The fourth-order valence-corrected chi connectivity index (χ4v) is 1.20. The van der Waals surface area contributed by atoms with Gasteiger partial charge in [0.15, 0.2) is 0 Å². The Bertz CT molecular complexity index is 145. The van der Waals surface area contributed by atoms with Gasteiger partial charge in [-0.25, -0.2) is 0 Å². The molecule has 0 heterocycles. The molecule has 1 saturated carbocycles. The Morgan fingerprint density at radius 1 is 1.55 bits per heavy atom. The molecule has 4 N–H and O–H groups in total. The Morgan fingerprint density at radius 2 is 2.18 bits per heavy atom. The monoisotopic (exact) mass is 157 g/mol. The van der Waals surface area contributed by atoms with Gasteiger partial charge in [0.2, 0.25) is 5.91 Å². The summed E-state index contributed by atoms with van der Waals surface area (Å²) in [5.74, 6) is -0.259. The van der Waals surface area contributed by atoms with Gasteiger partial charge in [-0.05, 0) is 12.8 Å². The number of nitrogens with zero attached hydrogens (tertiary/aromatic N) is 1. The molecule has 11 heavy (non-hydrogen) atoms. The summed E-state index contributed by atoms with van der Waals surface area (Å²) in [5, 5.41) is 0. The second-order valence-electron chi connectivity index (χ2n) is 2.96. The van der Waals surface area contributed by atoms with Gasteiger partial charge in [0.1, 0.15) is 0 Å². The van der Waals surface area contributed by atoms with E-state index < -0.39 is 0 Å².